The molecule has 4 heteroatoms. The molecule has 4 nitrogen and oxygen atoms in total. The van der Waals surface area contributed by atoms with Crippen molar-refractivity contribution in [1.82, 2.24) is 5.32 Å². The number of carbonyl (C=O) groups excluding carboxylic acids is 2. The molecule has 19 heavy (non-hydrogen) atoms. The maximum Gasteiger partial charge on any atom is 0.330 e. The summed E-state index contributed by atoms with van der Waals surface area (Å²) >= 11 is 0. The van der Waals surface area contributed by atoms with Crippen LogP contribution < -0.4 is 5.32 Å². The van der Waals surface area contributed by atoms with Gasteiger partial charge in [0.1, 0.15) is 0 Å². The highest BCUT2D eigenvalue weighted by atomic mass is 16.5. The molecule has 0 heterocycles. The van der Waals surface area contributed by atoms with E-state index in [0.29, 0.717) is 6.54 Å². The van der Waals surface area contributed by atoms with Gasteiger partial charge in [0.2, 0.25) is 0 Å². The highest BCUT2D eigenvalue weighted by Gasteiger charge is 2.03. The van der Waals surface area contributed by atoms with Crippen molar-refractivity contribution in [3.8, 4) is 0 Å². The average molecular weight is 269 g/mol. The fourth-order valence-electron chi connectivity index (χ4n) is 1.73. The summed E-state index contributed by atoms with van der Waals surface area (Å²) < 4.78 is 4.62. The Balaban J connectivity index is 3.23. The maximum absolute atomic E-state index is 11.2. The van der Waals surface area contributed by atoms with Gasteiger partial charge in [-0.25, -0.2) is 4.79 Å². The molecule has 1 N–H and O–H groups in total. The number of rotatable bonds is 12. The topological polar surface area (TPSA) is 55.4 Å². The standard InChI is InChI=1S/C15H27NO3/c1-3-5-6-7-8-9-10-11-12-16-14(17)13-19-15(18)4-2/h4H,2-3,5-13H2,1H3,(H,16,17). The van der Waals surface area contributed by atoms with E-state index in [1.165, 1.54) is 38.5 Å². The minimum atomic E-state index is -0.567. The number of carbonyl (C=O) groups is 2. The van der Waals surface area contributed by atoms with Crippen LogP contribution in [0, 0.1) is 0 Å². The second-order valence-electron chi connectivity index (χ2n) is 4.64. The normalized spacial score (nSPS) is 9.95. The van der Waals surface area contributed by atoms with Crippen molar-refractivity contribution >= 4 is 11.9 Å². The van der Waals surface area contributed by atoms with Crippen molar-refractivity contribution in [3.63, 3.8) is 0 Å². The average Bonchev–Trinajstić information content (AvgIpc) is 2.42. The van der Waals surface area contributed by atoms with E-state index in [4.69, 9.17) is 0 Å². The van der Waals surface area contributed by atoms with Gasteiger partial charge in [0, 0.05) is 12.6 Å². The third-order valence-electron chi connectivity index (χ3n) is 2.86. The molecule has 1 amide bonds. The van der Waals surface area contributed by atoms with Gasteiger partial charge in [-0.15, -0.1) is 0 Å². The Kier molecular flexibility index (Phi) is 12.2. The molecular formula is C15H27NO3. The molecule has 0 rings (SSSR count). The number of ether oxygens (including phenoxy) is 1. The predicted octanol–water partition coefficient (Wildman–Crippen LogP) is 2.97. The minimum absolute atomic E-state index is 0.220. The van der Waals surface area contributed by atoms with E-state index in [9.17, 15) is 9.59 Å². The molecule has 0 radical (unpaired) electrons. The molecule has 0 aromatic heterocycles. The van der Waals surface area contributed by atoms with Crippen LogP contribution in [0.4, 0.5) is 0 Å². The Morgan fingerprint density at radius 3 is 2.21 bits per heavy atom. The van der Waals surface area contributed by atoms with Crippen molar-refractivity contribution in [2.75, 3.05) is 13.2 Å². The lowest BCUT2D eigenvalue weighted by molar-refractivity contribution is -0.143. The SMILES string of the molecule is C=CC(=O)OCC(=O)NCCCCCCCCCC. The molecule has 0 saturated heterocycles. The zero-order chi connectivity index (χ0) is 14.3. The predicted molar refractivity (Wildman–Crippen MR) is 76.8 cm³/mol. The van der Waals surface area contributed by atoms with Crippen molar-refractivity contribution < 1.29 is 14.3 Å². The van der Waals surface area contributed by atoms with E-state index >= 15 is 0 Å². The third kappa shape index (κ3) is 12.9. The number of hydrogen-bond donors (Lipinski definition) is 1. The summed E-state index contributed by atoms with van der Waals surface area (Å²) in [5.41, 5.74) is 0. The number of hydrogen-bond acceptors (Lipinski definition) is 3. The molecule has 0 aliphatic carbocycles. The molecule has 0 aliphatic rings. The molecule has 0 spiro atoms. The molecule has 0 atom stereocenters. The smallest absolute Gasteiger partial charge is 0.330 e. The summed E-state index contributed by atoms with van der Waals surface area (Å²) in [5, 5.41) is 2.72. The first-order chi connectivity index (χ1) is 9.20. The van der Waals surface area contributed by atoms with Gasteiger partial charge in [0.05, 0.1) is 0 Å². The number of esters is 1. The lowest BCUT2D eigenvalue weighted by atomic mass is 10.1. The van der Waals surface area contributed by atoms with Crippen LogP contribution in [0.5, 0.6) is 0 Å². The van der Waals surface area contributed by atoms with Gasteiger partial charge in [-0.2, -0.15) is 0 Å². The fourth-order valence-corrected chi connectivity index (χ4v) is 1.73. The largest absolute Gasteiger partial charge is 0.452 e. The number of nitrogens with one attached hydrogen (secondary N) is 1. The summed E-state index contributed by atoms with van der Waals surface area (Å²) in [6, 6.07) is 0. The Bertz CT molecular complexity index is 264. The molecule has 0 saturated carbocycles. The van der Waals surface area contributed by atoms with E-state index in [2.05, 4.69) is 23.6 Å². The Hall–Kier alpha value is -1.32. The van der Waals surface area contributed by atoms with E-state index in [-0.39, 0.29) is 12.5 Å². The first-order valence-corrected chi connectivity index (χ1v) is 7.26. The maximum atomic E-state index is 11.2. The van der Waals surface area contributed by atoms with Crippen LogP contribution in [0.25, 0.3) is 0 Å². The molecule has 0 fully saturated rings. The first-order valence-electron chi connectivity index (χ1n) is 7.26. The summed E-state index contributed by atoms with van der Waals surface area (Å²) in [4.78, 5) is 22.0. The van der Waals surface area contributed by atoms with Gasteiger partial charge < -0.3 is 10.1 Å². The van der Waals surface area contributed by atoms with Gasteiger partial charge in [-0.05, 0) is 6.42 Å². The van der Waals surface area contributed by atoms with Crippen molar-refractivity contribution in [3.05, 3.63) is 12.7 Å². The Morgan fingerprint density at radius 1 is 1.05 bits per heavy atom. The molecule has 0 aromatic carbocycles. The second kappa shape index (κ2) is 13.1. The Labute approximate surface area is 116 Å². The van der Waals surface area contributed by atoms with Gasteiger partial charge in [-0.1, -0.05) is 58.4 Å². The van der Waals surface area contributed by atoms with Crippen LogP contribution in [0.1, 0.15) is 58.3 Å². The van der Waals surface area contributed by atoms with E-state index in [1.54, 1.807) is 0 Å². The van der Waals surface area contributed by atoms with Crippen molar-refractivity contribution in [1.29, 1.82) is 0 Å². The van der Waals surface area contributed by atoms with Crippen LogP contribution >= 0.6 is 0 Å². The van der Waals surface area contributed by atoms with Gasteiger partial charge in [0.25, 0.3) is 5.91 Å². The van der Waals surface area contributed by atoms with E-state index in [1.807, 2.05) is 0 Å². The summed E-state index contributed by atoms with van der Waals surface area (Å²) in [6.45, 7) is 5.90. The summed E-state index contributed by atoms with van der Waals surface area (Å²) in [7, 11) is 0. The first kappa shape index (κ1) is 17.7. The van der Waals surface area contributed by atoms with E-state index < -0.39 is 5.97 Å². The van der Waals surface area contributed by atoms with Crippen molar-refractivity contribution in [2.45, 2.75) is 58.3 Å². The molecule has 0 unspecified atom stereocenters. The van der Waals surface area contributed by atoms with Crippen molar-refractivity contribution in [2.24, 2.45) is 0 Å². The highest BCUT2D eigenvalue weighted by Crippen LogP contribution is 2.07. The van der Waals surface area contributed by atoms with Crippen LogP contribution in [0.3, 0.4) is 0 Å². The molecule has 0 bridgehead atoms. The summed E-state index contributed by atoms with van der Waals surface area (Å²) in [6.07, 6.45) is 10.9. The molecule has 110 valence electrons. The van der Waals surface area contributed by atoms with Gasteiger partial charge in [0.15, 0.2) is 6.61 Å². The molecule has 0 aliphatic heterocycles. The van der Waals surface area contributed by atoms with Crippen LogP contribution in [-0.4, -0.2) is 25.0 Å². The lowest BCUT2D eigenvalue weighted by Gasteiger charge is -2.05. The monoisotopic (exact) mass is 269 g/mol. The quantitative estimate of drug-likeness (QED) is 0.337. The van der Waals surface area contributed by atoms with Crippen LogP contribution in [0.2, 0.25) is 0 Å². The fraction of sp³-hybridized carbons (Fsp3) is 0.733. The number of unbranched alkanes of at least 4 members (excludes halogenated alkanes) is 7. The van der Waals surface area contributed by atoms with Gasteiger partial charge >= 0.3 is 5.97 Å². The molecule has 0 aromatic rings. The Morgan fingerprint density at radius 2 is 1.63 bits per heavy atom. The van der Waals surface area contributed by atoms with Crippen LogP contribution in [-0.2, 0) is 14.3 Å². The minimum Gasteiger partial charge on any atom is -0.452 e. The van der Waals surface area contributed by atoms with E-state index in [0.717, 1.165) is 18.9 Å². The molecular weight excluding hydrogens is 242 g/mol. The lowest BCUT2D eigenvalue weighted by Crippen LogP contribution is -2.29. The highest BCUT2D eigenvalue weighted by molar-refractivity contribution is 5.85. The summed E-state index contributed by atoms with van der Waals surface area (Å²) in [5.74, 6) is -0.819. The zero-order valence-corrected chi connectivity index (χ0v) is 12.1. The number of amides is 1. The second-order valence-corrected chi connectivity index (χ2v) is 4.64. The van der Waals surface area contributed by atoms with Gasteiger partial charge in [-0.3, -0.25) is 4.79 Å². The zero-order valence-electron chi connectivity index (χ0n) is 12.1. The van der Waals surface area contributed by atoms with Crippen LogP contribution in [0.15, 0.2) is 12.7 Å². The third-order valence-corrected chi connectivity index (χ3v) is 2.86.